The van der Waals surface area contributed by atoms with E-state index in [9.17, 15) is 4.79 Å². The summed E-state index contributed by atoms with van der Waals surface area (Å²) in [5, 5.41) is 8.68. The van der Waals surface area contributed by atoms with E-state index in [4.69, 9.17) is 5.11 Å². The van der Waals surface area contributed by atoms with Crippen LogP contribution in [0.4, 0.5) is 0 Å². The molecule has 0 radical (unpaired) electrons. The molecule has 2 heteroatoms. The Morgan fingerprint density at radius 2 is 2.18 bits per heavy atom. The molecule has 0 heterocycles. The molecular weight excluding hydrogens is 140 g/mol. The van der Waals surface area contributed by atoms with Gasteiger partial charge < -0.3 is 5.11 Å². The maximum atomic E-state index is 10.5. The summed E-state index contributed by atoms with van der Waals surface area (Å²) >= 11 is 0. The van der Waals surface area contributed by atoms with Gasteiger partial charge in [-0.15, -0.1) is 0 Å². The monoisotopic (exact) mass is 150 g/mol. The number of hydrogen-bond acceptors (Lipinski definition) is 1. The van der Waals surface area contributed by atoms with Crippen LogP contribution in [0.5, 0.6) is 0 Å². The predicted molar refractivity (Wildman–Crippen MR) is 41.1 cm³/mol. The molecule has 0 aromatic carbocycles. The number of fused-ring (bicyclic) bond motifs is 1. The minimum absolute atomic E-state index is 0.317. The van der Waals surface area contributed by atoms with Gasteiger partial charge in [-0.3, -0.25) is 0 Å². The van der Waals surface area contributed by atoms with Crippen molar-refractivity contribution >= 4 is 5.97 Å². The summed E-state index contributed by atoms with van der Waals surface area (Å²) in [4.78, 5) is 10.5. The molecule has 2 nitrogen and oxygen atoms in total. The standard InChI is InChI=1S/C9H10O2/c10-9(11)8-5-6-3-1-2-4-7(6)8/h1-2,5-7H,3-4H2,(H,10,11). The number of carboxylic acids is 1. The van der Waals surface area contributed by atoms with Crippen LogP contribution in [-0.4, -0.2) is 11.1 Å². The third kappa shape index (κ3) is 0.897. The molecule has 2 rings (SSSR count). The summed E-state index contributed by atoms with van der Waals surface area (Å²) in [7, 11) is 0. The fourth-order valence-corrected chi connectivity index (χ4v) is 1.84. The largest absolute Gasteiger partial charge is 0.478 e. The van der Waals surface area contributed by atoms with Crippen molar-refractivity contribution in [1.29, 1.82) is 0 Å². The summed E-state index contributed by atoms with van der Waals surface area (Å²) in [6.07, 6.45) is 8.05. The molecule has 0 saturated carbocycles. The molecule has 1 N–H and O–H groups in total. The second kappa shape index (κ2) is 2.22. The lowest BCUT2D eigenvalue weighted by molar-refractivity contribution is -0.134. The molecule has 0 aliphatic heterocycles. The average molecular weight is 150 g/mol. The minimum atomic E-state index is -0.735. The Bertz CT molecular complexity index is 250. The maximum Gasteiger partial charge on any atom is 0.331 e. The van der Waals surface area contributed by atoms with Gasteiger partial charge in [-0.1, -0.05) is 18.2 Å². The molecule has 0 saturated heterocycles. The van der Waals surface area contributed by atoms with Crippen LogP contribution in [-0.2, 0) is 4.79 Å². The topological polar surface area (TPSA) is 37.3 Å². The van der Waals surface area contributed by atoms with Crippen molar-refractivity contribution in [3.8, 4) is 0 Å². The van der Waals surface area contributed by atoms with E-state index >= 15 is 0 Å². The van der Waals surface area contributed by atoms with E-state index in [1.807, 2.05) is 6.08 Å². The number of carboxylic acid groups (broad SMARTS) is 1. The van der Waals surface area contributed by atoms with Gasteiger partial charge in [0.15, 0.2) is 0 Å². The third-order valence-electron chi connectivity index (χ3n) is 2.52. The summed E-state index contributed by atoms with van der Waals surface area (Å²) < 4.78 is 0. The molecule has 0 aromatic heterocycles. The van der Waals surface area contributed by atoms with Crippen LogP contribution >= 0.6 is 0 Å². The van der Waals surface area contributed by atoms with E-state index < -0.39 is 5.97 Å². The van der Waals surface area contributed by atoms with Crippen LogP contribution in [0.1, 0.15) is 12.8 Å². The van der Waals surface area contributed by atoms with E-state index in [0.717, 1.165) is 12.8 Å². The van der Waals surface area contributed by atoms with E-state index in [1.54, 1.807) is 0 Å². The maximum absolute atomic E-state index is 10.5. The summed E-state index contributed by atoms with van der Waals surface area (Å²) in [5.41, 5.74) is 0.624. The highest BCUT2D eigenvalue weighted by Crippen LogP contribution is 2.41. The van der Waals surface area contributed by atoms with Crippen LogP contribution in [0.15, 0.2) is 23.8 Å². The zero-order chi connectivity index (χ0) is 7.84. The summed E-state index contributed by atoms with van der Waals surface area (Å²) in [5.74, 6) is 0.102. The van der Waals surface area contributed by atoms with Crippen molar-refractivity contribution in [3.63, 3.8) is 0 Å². The first-order valence-corrected chi connectivity index (χ1v) is 3.89. The fraction of sp³-hybridized carbons (Fsp3) is 0.444. The Kier molecular flexibility index (Phi) is 1.34. The Labute approximate surface area is 65.2 Å². The Balaban J connectivity index is 2.15. The highest BCUT2D eigenvalue weighted by atomic mass is 16.4. The normalized spacial score (nSPS) is 33.6. The molecule has 0 amide bonds. The molecule has 0 aromatic rings. The molecule has 0 bridgehead atoms. The smallest absolute Gasteiger partial charge is 0.331 e. The number of allylic oxidation sites excluding steroid dienone is 3. The zero-order valence-electron chi connectivity index (χ0n) is 6.16. The highest BCUT2D eigenvalue weighted by molar-refractivity contribution is 5.89. The Morgan fingerprint density at radius 1 is 1.45 bits per heavy atom. The molecule has 58 valence electrons. The SMILES string of the molecule is O=C(O)C1=CC2CC=CCC12. The summed E-state index contributed by atoms with van der Waals surface area (Å²) in [6.45, 7) is 0. The van der Waals surface area contributed by atoms with Gasteiger partial charge in [0.2, 0.25) is 0 Å². The molecule has 11 heavy (non-hydrogen) atoms. The highest BCUT2D eigenvalue weighted by Gasteiger charge is 2.35. The van der Waals surface area contributed by atoms with Crippen molar-refractivity contribution in [3.05, 3.63) is 23.8 Å². The van der Waals surface area contributed by atoms with Gasteiger partial charge in [0.1, 0.15) is 0 Å². The number of hydrogen-bond donors (Lipinski definition) is 1. The minimum Gasteiger partial charge on any atom is -0.478 e. The number of aliphatic carboxylic acids is 1. The lowest BCUT2D eigenvalue weighted by Gasteiger charge is -2.35. The first kappa shape index (κ1) is 6.65. The number of rotatable bonds is 1. The number of carbonyl (C=O) groups is 1. The molecular formula is C9H10O2. The zero-order valence-corrected chi connectivity index (χ0v) is 6.16. The predicted octanol–water partition coefficient (Wildman–Crippen LogP) is 1.59. The van der Waals surface area contributed by atoms with E-state index in [-0.39, 0.29) is 0 Å². The molecule has 2 unspecified atom stereocenters. The van der Waals surface area contributed by atoms with E-state index in [0.29, 0.717) is 17.4 Å². The van der Waals surface area contributed by atoms with Gasteiger partial charge in [-0.2, -0.15) is 0 Å². The summed E-state index contributed by atoms with van der Waals surface area (Å²) in [6, 6.07) is 0. The van der Waals surface area contributed by atoms with Gasteiger partial charge in [0, 0.05) is 11.5 Å². The van der Waals surface area contributed by atoms with Crippen molar-refractivity contribution in [2.24, 2.45) is 11.8 Å². The molecule has 0 fully saturated rings. The van der Waals surface area contributed by atoms with Crippen molar-refractivity contribution in [2.75, 3.05) is 0 Å². The van der Waals surface area contributed by atoms with E-state index in [1.165, 1.54) is 0 Å². The molecule has 0 spiro atoms. The molecule has 2 aliphatic carbocycles. The van der Waals surface area contributed by atoms with Crippen LogP contribution in [0, 0.1) is 11.8 Å². The lowest BCUT2D eigenvalue weighted by atomic mass is 9.69. The molecule has 2 aliphatic rings. The first-order chi connectivity index (χ1) is 5.29. The van der Waals surface area contributed by atoms with Crippen molar-refractivity contribution < 1.29 is 9.90 Å². The quantitative estimate of drug-likeness (QED) is 0.576. The average Bonchev–Trinajstić information content (AvgIpc) is 1.90. The second-order valence-corrected chi connectivity index (χ2v) is 3.14. The third-order valence-corrected chi connectivity index (χ3v) is 2.52. The Morgan fingerprint density at radius 3 is 2.82 bits per heavy atom. The van der Waals surface area contributed by atoms with Crippen LogP contribution < -0.4 is 0 Å². The molecule has 2 atom stereocenters. The van der Waals surface area contributed by atoms with E-state index in [2.05, 4.69) is 12.2 Å². The van der Waals surface area contributed by atoms with Gasteiger partial charge in [0.25, 0.3) is 0 Å². The fourth-order valence-electron chi connectivity index (χ4n) is 1.84. The van der Waals surface area contributed by atoms with Gasteiger partial charge in [-0.25, -0.2) is 4.79 Å². The second-order valence-electron chi connectivity index (χ2n) is 3.14. The first-order valence-electron chi connectivity index (χ1n) is 3.89. The van der Waals surface area contributed by atoms with Crippen molar-refractivity contribution in [1.82, 2.24) is 0 Å². The van der Waals surface area contributed by atoms with Crippen LogP contribution in [0.25, 0.3) is 0 Å². The van der Waals surface area contributed by atoms with Crippen LogP contribution in [0.3, 0.4) is 0 Å². The van der Waals surface area contributed by atoms with Gasteiger partial charge in [0.05, 0.1) is 0 Å². The van der Waals surface area contributed by atoms with Gasteiger partial charge >= 0.3 is 5.97 Å². The van der Waals surface area contributed by atoms with Crippen molar-refractivity contribution in [2.45, 2.75) is 12.8 Å². The van der Waals surface area contributed by atoms with Crippen LogP contribution in [0.2, 0.25) is 0 Å². The lowest BCUT2D eigenvalue weighted by Crippen LogP contribution is -2.30. The Hall–Kier alpha value is -1.05. The van der Waals surface area contributed by atoms with Gasteiger partial charge in [-0.05, 0) is 18.8 Å².